The van der Waals surface area contributed by atoms with Crippen molar-refractivity contribution < 1.29 is 47.0 Å². The van der Waals surface area contributed by atoms with Crippen LogP contribution < -0.4 is 15.5 Å². The molecule has 136 valence electrons. The van der Waals surface area contributed by atoms with Crippen molar-refractivity contribution in [1.82, 2.24) is 4.98 Å². The van der Waals surface area contributed by atoms with Gasteiger partial charge in [-0.1, -0.05) is 36.9 Å². The predicted molar refractivity (Wildman–Crippen MR) is 81.2 cm³/mol. The molecule has 1 N–H and O–H groups in total. The van der Waals surface area contributed by atoms with Gasteiger partial charge in [0, 0.05) is 38.5 Å². The summed E-state index contributed by atoms with van der Waals surface area (Å²) < 4.78 is 0. The molecule has 0 unspecified atom stereocenters. The molecule has 0 bridgehead atoms. The van der Waals surface area contributed by atoms with Gasteiger partial charge in [0.05, 0.1) is 11.7 Å². The molecule has 0 aliphatic rings. The fourth-order valence-corrected chi connectivity index (χ4v) is 2.24. The van der Waals surface area contributed by atoms with Gasteiger partial charge in [0.15, 0.2) is 5.78 Å². The number of carbonyl (C=O) groups excluding carboxylic acids is 1. The number of hydrogen-bond acceptors (Lipinski definition) is 5. The van der Waals surface area contributed by atoms with Crippen molar-refractivity contribution in [3.05, 3.63) is 65.7 Å². The summed E-state index contributed by atoms with van der Waals surface area (Å²) in [4.78, 5) is 16.1. The second-order valence-electron chi connectivity index (χ2n) is 4.85. The molecule has 1 aromatic carbocycles. The summed E-state index contributed by atoms with van der Waals surface area (Å²) in [6.45, 7) is 2.66. The van der Waals surface area contributed by atoms with E-state index < -0.39 is 6.04 Å². The van der Waals surface area contributed by atoms with Crippen molar-refractivity contribution in [2.24, 2.45) is 0 Å². The minimum absolute atomic E-state index is 0. The largest absolute Gasteiger partial charge is 2.00 e. The van der Waals surface area contributed by atoms with E-state index in [0.717, 1.165) is 0 Å². The average Bonchev–Trinajstić information content (AvgIpc) is 2.49. The molecule has 1 atom stereocenters. The summed E-state index contributed by atoms with van der Waals surface area (Å²) >= 11 is 0. The van der Waals surface area contributed by atoms with Gasteiger partial charge < -0.3 is 26.5 Å². The number of hydrogen-bond donors (Lipinski definition) is 1. The van der Waals surface area contributed by atoms with Crippen LogP contribution in [0.3, 0.4) is 0 Å². The Kier molecular flexibility index (Phi) is 11.4. The van der Waals surface area contributed by atoms with Gasteiger partial charge in [-0.05, 0) is 25.1 Å². The average molecular weight is 424 g/mol. The van der Waals surface area contributed by atoms with Crippen molar-refractivity contribution in [2.45, 2.75) is 19.9 Å². The van der Waals surface area contributed by atoms with Crippen molar-refractivity contribution >= 4 is 11.5 Å². The van der Waals surface area contributed by atoms with Crippen molar-refractivity contribution in [2.75, 3.05) is 5.32 Å². The van der Waals surface area contributed by atoms with Gasteiger partial charge in [-0.15, -0.1) is 5.76 Å². The zero-order valence-electron chi connectivity index (χ0n) is 13.6. The smallest absolute Gasteiger partial charge is 0.157 e. The summed E-state index contributed by atoms with van der Waals surface area (Å²) in [5.74, 6) is -0.909. The zero-order valence-corrected chi connectivity index (χ0v) is 15.6. The maximum absolute atomic E-state index is 11.9. The topological polar surface area (TPSA) is 145 Å². The van der Waals surface area contributed by atoms with Gasteiger partial charge in [-0.2, -0.15) is 0 Å². The molecule has 2 rings (SSSR count). The molecule has 0 aliphatic carbocycles. The van der Waals surface area contributed by atoms with Crippen LogP contribution in [0, 0.1) is 0 Å². The number of pyridine rings is 1. The van der Waals surface area contributed by atoms with E-state index in [2.05, 4.69) is 10.3 Å². The van der Waals surface area contributed by atoms with Gasteiger partial charge in [-0.3, -0.25) is 9.78 Å². The summed E-state index contributed by atoms with van der Waals surface area (Å²) in [5.41, 5.74) is 0.895. The van der Waals surface area contributed by atoms with Crippen LogP contribution in [-0.2, 0) is 36.8 Å². The van der Waals surface area contributed by atoms with Crippen molar-refractivity contribution in [3.8, 4) is 5.75 Å². The molecule has 0 amide bonds. The summed E-state index contributed by atoms with van der Waals surface area (Å²) in [6, 6.07) is 10.8. The van der Waals surface area contributed by atoms with Crippen LogP contribution in [-0.4, -0.2) is 10.8 Å². The monoisotopic (exact) mass is 426 g/mol. The maximum atomic E-state index is 11.9. The molecule has 7 nitrogen and oxygen atoms in total. The first kappa shape index (κ1) is 25.0. The molecule has 0 radical (unpaired) electrons. The molecule has 8 heteroatoms. The van der Waals surface area contributed by atoms with E-state index in [4.69, 9.17) is 0 Å². The minimum atomic E-state index is -0.758. The third-order valence-electron chi connectivity index (χ3n) is 3.22. The normalized spacial score (nSPS) is 11.6. The number of carbonyl (C=O) groups is 1. The molecule has 0 saturated heterocycles. The number of ketones is 1. The Morgan fingerprint density at radius 1 is 1.08 bits per heavy atom. The van der Waals surface area contributed by atoms with E-state index in [0.29, 0.717) is 11.4 Å². The minimum Gasteiger partial charge on any atom is -2.00 e. The van der Waals surface area contributed by atoms with Crippen molar-refractivity contribution in [3.63, 3.8) is 0 Å². The number of allylic oxidation sites excluding steroid dienone is 1. The number of Topliss-reactive ketones (excluding diaryl/α,β-unsaturated/α-hetero) is 1. The van der Waals surface area contributed by atoms with E-state index in [1.165, 1.54) is 19.9 Å². The van der Waals surface area contributed by atoms with Gasteiger partial charge in [0.2, 0.25) is 0 Å². The first-order chi connectivity index (χ1) is 10.5. The first-order valence-corrected chi connectivity index (χ1v) is 6.83. The number of nitrogens with zero attached hydrogens (tertiary/aromatic N) is 1. The number of aromatic nitrogens is 1. The third kappa shape index (κ3) is 6.30. The summed E-state index contributed by atoms with van der Waals surface area (Å²) in [5, 5.41) is 26.7. The van der Waals surface area contributed by atoms with Gasteiger partial charge in [0.25, 0.3) is 0 Å². The van der Waals surface area contributed by atoms with Crippen LogP contribution in [0.2, 0.25) is 0 Å². The van der Waals surface area contributed by atoms with Crippen LogP contribution in [0.1, 0.15) is 25.6 Å². The molecule has 0 fully saturated rings. The SMILES string of the molecule is CC(=O)/C(=C(\C)[O-])[C@@H](Nc1ccccc1[O-])c1ccccn1.[Mo].[O-2].[O-2]. The molecule has 0 spiro atoms. The Balaban J connectivity index is 0. The fraction of sp³-hybridized carbons (Fsp3) is 0.176. The number of benzene rings is 1. The van der Waals surface area contributed by atoms with E-state index >= 15 is 0 Å². The van der Waals surface area contributed by atoms with Crippen LogP contribution >= 0.6 is 0 Å². The molecule has 1 heterocycles. The quantitative estimate of drug-likeness (QED) is 0.437. The van der Waals surface area contributed by atoms with Gasteiger partial charge >= 0.3 is 0 Å². The zero-order chi connectivity index (χ0) is 16.1. The molecule has 25 heavy (non-hydrogen) atoms. The Labute approximate surface area is 160 Å². The Bertz CT molecular complexity index is 703. The number of anilines is 1. The first-order valence-electron chi connectivity index (χ1n) is 6.83. The summed E-state index contributed by atoms with van der Waals surface area (Å²) in [6.07, 6.45) is 1.57. The van der Waals surface area contributed by atoms with E-state index in [-0.39, 0.29) is 54.9 Å². The molecule has 2 aromatic rings. The molecule has 1 aromatic heterocycles. The Morgan fingerprint density at radius 3 is 2.16 bits per heavy atom. The van der Waals surface area contributed by atoms with Crippen molar-refractivity contribution in [1.29, 1.82) is 0 Å². The standard InChI is InChI=1S/C17H18N2O3.Mo.2O/c1-11(20)16(12(2)21)17(14-8-5-6-10-18-14)19-13-7-3-4-9-15(13)22;;;/h3-10,17,19-20,22H,1-2H3;;;/q;;2*-2/p-2/b16-11-;;;/t17-;;;/m0.../s1. The van der Waals surface area contributed by atoms with E-state index in [1.807, 2.05) is 0 Å². The van der Waals surface area contributed by atoms with Gasteiger partial charge in [0.1, 0.15) is 0 Å². The number of para-hydroxylation sites is 2. The maximum Gasteiger partial charge on any atom is 0.157 e. The predicted octanol–water partition coefficient (Wildman–Crippen LogP) is 1.29. The molecular weight excluding hydrogens is 408 g/mol. The van der Waals surface area contributed by atoms with Crippen LogP contribution in [0.15, 0.2) is 60.0 Å². The third-order valence-corrected chi connectivity index (χ3v) is 3.22. The molecular formula is C17H16MoN2O5-6. The Morgan fingerprint density at radius 2 is 1.68 bits per heavy atom. The van der Waals surface area contributed by atoms with Crippen LogP contribution in [0.25, 0.3) is 0 Å². The van der Waals surface area contributed by atoms with E-state index in [9.17, 15) is 15.0 Å². The molecule has 0 saturated carbocycles. The molecule has 0 aliphatic heterocycles. The number of nitrogens with one attached hydrogen (secondary N) is 1. The van der Waals surface area contributed by atoms with Gasteiger partial charge in [-0.25, -0.2) is 0 Å². The van der Waals surface area contributed by atoms with Crippen LogP contribution in [0.4, 0.5) is 5.69 Å². The second-order valence-corrected chi connectivity index (χ2v) is 4.85. The Hall–Kier alpha value is -2.21. The summed E-state index contributed by atoms with van der Waals surface area (Å²) in [7, 11) is 0. The van der Waals surface area contributed by atoms with E-state index in [1.54, 1.807) is 42.6 Å². The second kappa shape index (κ2) is 11.4. The van der Waals surface area contributed by atoms with Crippen LogP contribution in [0.5, 0.6) is 5.75 Å². The number of rotatable bonds is 5. The fourth-order valence-electron chi connectivity index (χ4n) is 2.24.